The number of likely N-dealkylation sites (tertiary alicyclic amines) is 1. The molecule has 0 saturated carbocycles. The van der Waals surface area contributed by atoms with Crippen molar-refractivity contribution in [3.8, 4) is 0 Å². The van der Waals surface area contributed by atoms with Gasteiger partial charge in [-0.3, -0.25) is 9.88 Å². The third-order valence-electron chi connectivity index (χ3n) is 4.76. The van der Waals surface area contributed by atoms with E-state index in [1.807, 2.05) is 18.5 Å². The SMILES string of the molecule is Fc1cccc(CN2CC(CN3CCc4c(Br)cncc43)C2)c1. The van der Waals surface area contributed by atoms with Gasteiger partial charge < -0.3 is 4.90 Å². The zero-order valence-corrected chi connectivity index (χ0v) is 14.5. The van der Waals surface area contributed by atoms with Crippen molar-refractivity contribution in [2.45, 2.75) is 13.0 Å². The Balaban J connectivity index is 1.31. The fraction of sp³-hybridized carbons (Fsp3) is 0.389. The van der Waals surface area contributed by atoms with E-state index in [4.69, 9.17) is 0 Å². The van der Waals surface area contributed by atoms with Crippen LogP contribution in [0.4, 0.5) is 10.1 Å². The molecule has 0 N–H and O–H groups in total. The second-order valence-corrected chi connectivity index (χ2v) is 7.36. The number of aromatic nitrogens is 1. The van der Waals surface area contributed by atoms with Crippen molar-refractivity contribution in [1.82, 2.24) is 9.88 Å². The highest BCUT2D eigenvalue weighted by Crippen LogP contribution is 2.34. The van der Waals surface area contributed by atoms with E-state index in [9.17, 15) is 4.39 Å². The van der Waals surface area contributed by atoms with Gasteiger partial charge >= 0.3 is 0 Å². The number of pyridine rings is 1. The molecular weight excluding hydrogens is 357 g/mol. The van der Waals surface area contributed by atoms with E-state index in [1.165, 1.54) is 17.3 Å². The Morgan fingerprint density at radius 2 is 2.13 bits per heavy atom. The minimum absolute atomic E-state index is 0.147. The van der Waals surface area contributed by atoms with Crippen molar-refractivity contribution < 1.29 is 4.39 Å². The summed E-state index contributed by atoms with van der Waals surface area (Å²) < 4.78 is 14.3. The number of hydrogen-bond acceptors (Lipinski definition) is 3. The van der Waals surface area contributed by atoms with Gasteiger partial charge in [0.25, 0.3) is 0 Å². The molecular formula is C18H19BrFN3. The van der Waals surface area contributed by atoms with E-state index in [2.05, 4.69) is 30.7 Å². The average molecular weight is 376 g/mol. The summed E-state index contributed by atoms with van der Waals surface area (Å²) in [6.45, 7) is 5.19. The Morgan fingerprint density at radius 1 is 1.26 bits per heavy atom. The molecule has 5 heteroatoms. The fourth-order valence-electron chi connectivity index (χ4n) is 3.65. The van der Waals surface area contributed by atoms with Gasteiger partial charge in [0.15, 0.2) is 0 Å². The van der Waals surface area contributed by atoms with Crippen LogP contribution in [0, 0.1) is 11.7 Å². The lowest BCUT2D eigenvalue weighted by atomic mass is 9.98. The number of halogens is 2. The summed E-state index contributed by atoms with van der Waals surface area (Å²) >= 11 is 3.60. The molecule has 1 saturated heterocycles. The Hall–Kier alpha value is -1.46. The third kappa shape index (κ3) is 3.12. The first-order valence-corrected chi connectivity index (χ1v) is 8.82. The van der Waals surface area contributed by atoms with E-state index in [0.717, 1.165) is 49.2 Å². The van der Waals surface area contributed by atoms with Crippen LogP contribution in [0.15, 0.2) is 41.1 Å². The number of anilines is 1. The lowest BCUT2D eigenvalue weighted by Gasteiger charge is -2.41. The molecule has 2 aliphatic rings. The predicted molar refractivity (Wildman–Crippen MR) is 93.0 cm³/mol. The molecule has 23 heavy (non-hydrogen) atoms. The van der Waals surface area contributed by atoms with Crippen LogP contribution in [0.5, 0.6) is 0 Å². The summed E-state index contributed by atoms with van der Waals surface area (Å²) in [5.74, 6) is 0.541. The Bertz CT molecular complexity index is 715. The molecule has 2 aromatic rings. The molecule has 0 radical (unpaired) electrons. The van der Waals surface area contributed by atoms with Crippen LogP contribution in [-0.2, 0) is 13.0 Å². The van der Waals surface area contributed by atoms with Gasteiger partial charge in [-0.15, -0.1) is 0 Å². The Morgan fingerprint density at radius 3 is 2.96 bits per heavy atom. The molecule has 0 unspecified atom stereocenters. The highest BCUT2D eigenvalue weighted by molar-refractivity contribution is 9.10. The van der Waals surface area contributed by atoms with Crippen LogP contribution in [0.25, 0.3) is 0 Å². The number of rotatable bonds is 4. The Labute approximate surface area is 144 Å². The minimum Gasteiger partial charge on any atom is -0.369 e. The molecule has 120 valence electrons. The maximum absolute atomic E-state index is 13.2. The molecule has 1 fully saturated rings. The summed E-state index contributed by atoms with van der Waals surface area (Å²) in [6.07, 6.45) is 4.96. The maximum atomic E-state index is 13.2. The van der Waals surface area contributed by atoms with Crippen LogP contribution in [0.3, 0.4) is 0 Å². The minimum atomic E-state index is -0.147. The molecule has 3 nitrogen and oxygen atoms in total. The largest absolute Gasteiger partial charge is 0.369 e. The quantitative estimate of drug-likeness (QED) is 0.815. The second-order valence-electron chi connectivity index (χ2n) is 6.51. The Kier molecular flexibility index (Phi) is 4.07. The maximum Gasteiger partial charge on any atom is 0.123 e. The van der Waals surface area contributed by atoms with E-state index < -0.39 is 0 Å². The molecule has 0 spiro atoms. The zero-order valence-electron chi connectivity index (χ0n) is 12.9. The summed E-state index contributed by atoms with van der Waals surface area (Å²) in [5.41, 5.74) is 3.72. The standard InChI is InChI=1S/C18H19BrFN3/c19-17-7-21-8-18-16(17)4-5-23(18)12-14-10-22(11-14)9-13-2-1-3-15(20)6-13/h1-3,6-8,14H,4-5,9-12H2. The van der Waals surface area contributed by atoms with Gasteiger partial charge in [0.1, 0.15) is 5.82 Å². The summed E-state index contributed by atoms with van der Waals surface area (Å²) in [5, 5.41) is 0. The van der Waals surface area contributed by atoms with Crippen molar-refractivity contribution >= 4 is 21.6 Å². The molecule has 1 aromatic carbocycles. The number of nitrogens with zero attached hydrogens (tertiary/aromatic N) is 3. The monoisotopic (exact) mass is 375 g/mol. The number of fused-ring (bicyclic) bond motifs is 1. The van der Waals surface area contributed by atoms with E-state index in [-0.39, 0.29) is 5.82 Å². The topological polar surface area (TPSA) is 19.4 Å². The highest BCUT2D eigenvalue weighted by Gasteiger charge is 2.31. The average Bonchev–Trinajstić information content (AvgIpc) is 2.90. The molecule has 0 atom stereocenters. The second kappa shape index (κ2) is 6.21. The lowest BCUT2D eigenvalue weighted by molar-refractivity contribution is 0.0965. The van der Waals surface area contributed by atoms with E-state index >= 15 is 0 Å². The van der Waals surface area contributed by atoms with E-state index in [0.29, 0.717) is 5.92 Å². The summed E-state index contributed by atoms with van der Waals surface area (Å²) in [4.78, 5) is 9.14. The molecule has 3 heterocycles. The molecule has 4 rings (SSSR count). The van der Waals surface area contributed by atoms with Crippen molar-refractivity contribution in [2.75, 3.05) is 31.1 Å². The summed E-state index contributed by atoms with van der Waals surface area (Å²) in [7, 11) is 0. The van der Waals surface area contributed by atoms with Crippen LogP contribution in [0.1, 0.15) is 11.1 Å². The first-order valence-electron chi connectivity index (χ1n) is 8.03. The highest BCUT2D eigenvalue weighted by atomic mass is 79.9. The van der Waals surface area contributed by atoms with Crippen molar-refractivity contribution in [3.05, 3.63) is 58.1 Å². The number of hydrogen-bond donors (Lipinski definition) is 0. The van der Waals surface area contributed by atoms with Gasteiger partial charge in [-0.1, -0.05) is 12.1 Å². The molecule has 2 aliphatic heterocycles. The van der Waals surface area contributed by atoms with Crippen LogP contribution in [-0.4, -0.2) is 36.1 Å². The van der Waals surface area contributed by atoms with Crippen molar-refractivity contribution in [3.63, 3.8) is 0 Å². The fourth-order valence-corrected chi connectivity index (χ4v) is 4.17. The van der Waals surface area contributed by atoms with Gasteiger partial charge in [-0.25, -0.2) is 4.39 Å². The van der Waals surface area contributed by atoms with Gasteiger partial charge in [-0.2, -0.15) is 0 Å². The smallest absolute Gasteiger partial charge is 0.123 e. The first kappa shape index (κ1) is 15.1. The molecule has 1 aromatic heterocycles. The van der Waals surface area contributed by atoms with E-state index in [1.54, 1.807) is 12.1 Å². The van der Waals surface area contributed by atoms with Gasteiger partial charge in [0.2, 0.25) is 0 Å². The molecule has 0 aliphatic carbocycles. The summed E-state index contributed by atoms with van der Waals surface area (Å²) in [6, 6.07) is 6.91. The van der Waals surface area contributed by atoms with Gasteiger partial charge in [0, 0.05) is 49.3 Å². The van der Waals surface area contributed by atoms with Crippen LogP contribution >= 0.6 is 15.9 Å². The van der Waals surface area contributed by atoms with Gasteiger partial charge in [-0.05, 0) is 45.6 Å². The molecule has 0 bridgehead atoms. The first-order chi connectivity index (χ1) is 11.2. The van der Waals surface area contributed by atoms with Crippen molar-refractivity contribution in [2.24, 2.45) is 5.92 Å². The van der Waals surface area contributed by atoms with Crippen molar-refractivity contribution in [1.29, 1.82) is 0 Å². The third-order valence-corrected chi connectivity index (χ3v) is 5.44. The van der Waals surface area contributed by atoms with Crippen LogP contribution < -0.4 is 4.90 Å². The van der Waals surface area contributed by atoms with Crippen LogP contribution in [0.2, 0.25) is 0 Å². The lowest BCUT2D eigenvalue weighted by Crippen LogP contribution is -2.50. The molecule has 0 amide bonds. The predicted octanol–water partition coefficient (Wildman–Crippen LogP) is 3.48. The normalized spacial score (nSPS) is 18.1. The van der Waals surface area contributed by atoms with Gasteiger partial charge in [0.05, 0.1) is 11.9 Å². The zero-order chi connectivity index (χ0) is 15.8. The number of benzene rings is 1.